The third-order valence-electron chi connectivity index (χ3n) is 14.1. The highest BCUT2D eigenvalue weighted by atomic mass is 16.5. The highest BCUT2D eigenvalue weighted by Gasteiger charge is 2.47. The number of aliphatic hydroxyl groups is 2. The Morgan fingerprint density at radius 2 is 1.05 bits per heavy atom. The molecule has 3 aliphatic heterocycles. The number of carbonyl (C=O) groups is 9. The van der Waals surface area contributed by atoms with Crippen LogP contribution in [0.3, 0.4) is 0 Å². The van der Waals surface area contributed by atoms with Crippen molar-refractivity contribution in [3.63, 3.8) is 0 Å². The standard InChI is InChI=1S/C53H88N12O12/c1-27(2)23-34-45(68)57-26-38-42(66)43(67)39(56)44(77-38)52(75)64-41(30(7)8)51(74)59-33(18-13-21-55)47(70)61-35(24-28(3)4)48(71)62-36(25-31-15-10-9-11-16-31)53(76)65-22-14-19-37(65)49(72)63-40(29(5)6)50(73)58-32(17-12-20-54)46(69)60-34/h9-11,15-16,27-30,32-44,66-67H,12-14,17-26,54-56H2,1-8H3,(H,57,68)(H,58,73)(H,59,74)(H,60,69)(H,61,70)(H,62,71)(H,63,72)(H,64,75)/t32-,33-,34-,35-,36+,37-,38+,39+,40-,41-,42+,43+,44+/m0/s1. The minimum Gasteiger partial charge on any atom is -0.389 e. The van der Waals surface area contributed by atoms with E-state index in [2.05, 4.69) is 42.5 Å². The number of aliphatic hydroxyl groups excluding tert-OH is 2. The molecule has 0 unspecified atom stereocenters. The second-order valence-corrected chi connectivity index (χ2v) is 22.2. The van der Waals surface area contributed by atoms with Crippen LogP contribution >= 0.6 is 0 Å². The molecule has 0 aliphatic carbocycles. The van der Waals surface area contributed by atoms with Crippen LogP contribution in [0.2, 0.25) is 0 Å². The van der Waals surface area contributed by atoms with Crippen molar-refractivity contribution in [3.8, 4) is 0 Å². The van der Waals surface area contributed by atoms with Gasteiger partial charge in [-0.3, -0.25) is 43.2 Å². The van der Waals surface area contributed by atoms with Crippen molar-refractivity contribution in [1.29, 1.82) is 0 Å². The number of rotatable bonds is 14. The average molecular weight is 1090 g/mol. The molecule has 9 amide bonds. The summed E-state index contributed by atoms with van der Waals surface area (Å²) in [5, 5.41) is 44.1. The number of amides is 9. The molecule has 3 fully saturated rings. The van der Waals surface area contributed by atoms with Crippen LogP contribution in [0.4, 0.5) is 0 Å². The molecule has 0 spiro atoms. The molecular weight excluding hydrogens is 997 g/mol. The topological polar surface area (TPSA) is 381 Å². The number of nitrogens with zero attached hydrogens (tertiary/aromatic N) is 1. The molecule has 24 heteroatoms. The zero-order valence-electron chi connectivity index (χ0n) is 46.1. The van der Waals surface area contributed by atoms with E-state index in [-0.39, 0.29) is 82.8 Å². The normalized spacial score (nSPS) is 30.4. The highest BCUT2D eigenvalue weighted by molar-refractivity contribution is 5.98. The largest absolute Gasteiger partial charge is 0.389 e. The lowest BCUT2D eigenvalue weighted by molar-refractivity contribution is -0.185. The molecule has 4 rings (SSSR count). The second kappa shape index (κ2) is 30.4. The van der Waals surface area contributed by atoms with Gasteiger partial charge in [-0.25, -0.2) is 0 Å². The van der Waals surface area contributed by atoms with Crippen molar-refractivity contribution in [3.05, 3.63) is 35.9 Å². The van der Waals surface area contributed by atoms with Gasteiger partial charge in [-0.1, -0.05) is 85.7 Å². The van der Waals surface area contributed by atoms with Crippen LogP contribution in [-0.2, 0) is 54.3 Å². The Labute approximate surface area is 452 Å². The van der Waals surface area contributed by atoms with E-state index in [0.29, 0.717) is 12.0 Å². The van der Waals surface area contributed by atoms with Crippen LogP contribution in [0.1, 0.15) is 112 Å². The monoisotopic (exact) mass is 1080 g/mol. The van der Waals surface area contributed by atoms with E-state index in [1.54, 1.807) is 58.0 Å². The summed E-state index contributed by atoms with van der Waals surface area (Å²) in [4.78, 5) is 130. The summed E-state index contributed by atoms with van der Waals surface area (Å²) in [6.45, 7) is 14.0. The Balaban J connectivity index is 1.80. The quantitative estimate of drug-likeness (QED) is 0.0912. The number of hydrogen-bond acceptors (Lipinski definition) is 15. The Morgan fingerprint density at radius 1 is 0.584 bits per heavy atom. The zero-order chi connectivity index (χ0) is 57.3. The van der Waals surface area contributed by atoms with Gasteiger partial charge in [0.05, 0.1) is 6.04 Å². The third-order valence-corrected chi connectivity index (χ3v) is 14.1. The number of nitrogens with one attached hydrogen (secondary N) is 8. The average Bonchev–Trinajstić information content (AvgIpc) is 3.87. The van der Waals surface area contributed by atoms with Crippen molar-refractivity contribution in [2.75, 3.05) is 26.2 Å². The molecule has 3 aliphatic rings. The smallest absolute Gasteiger partial charge is 0.251 e. The first-order valence-corrected chi connectivity index (χ1v) is 27.3. The van der Waals surface area contributed by atoms with Crippen molar-refractivity contribution in [2.45, 2.75) is 192 Å². The first-order chi connectivity index (χ1) is 36.4. The minimum absolute atomic E-state index is 0.00997. The van der Waals surface area contributed by atoms with Crippen molar-refractivity contribution in [2.24, 2.45) is 40.9 Å². The predicted octanol–water partition coefficient (Wildman–Crippen LogP) is -2.56. The molecule has 0 radical (unpaired) electrons. The second-order valence-electron chi connectivity index (χ2n) is 22.2. The van der Waals surface area contributed by atoms with E-state index in [4.69, 9.17) is 21.9 Å². The van der Waals surface area contributed by atoms with Gasteiger partial charge in [0.2, 0.25) is 47.3 Å². The fraction of sp³-hybridized carbons (Fsp3) is 0.717. The van der Waals surface area contributed by atoms with E-state index in [1.807, 2.05) is 27.7 Å². The van der Waals surface area contributed by atoms with Crippen LogP contribution < -0.4 is 59.7 Å². The molecule has 77 heavy (non-hydrogen) atoms. The maximum atomic E-state index is 14.8. The van der Waals surface area contributed by atoms with Crippen molar-refractivity contribution < 1.29 is 58.1 Å². The van der Waals surface area contributed by atoms with E-state index in [1.165, 1.54) is 4.90 Å². The Kier molecular flexibility index (Phi) is 25.2. The van der Waals surface area contributed by atoms with Crippen molar-refractivity contribution in [1.82, 2.24) is 47.4 Å². The summed E-state index contributed by atoms with van der Waals surface area (Å²) in [6, 6.07) is -2.31. The van der Waals surface area contributed by atoms with Crippen LogP contribution in [0.25, 0.3) is 0 Å². The molecule has 0 aromatic heterocycles. The van der Waals surface area contributed by atoms with Crippen LogP contribution in [0.15, 0.2) is 30.3 Å². The van der Waals surface area contributed by atoms with Crippen LogP contribution in [0, 0.1) is 23.7 Å². The fourth-order valence-corrected chi connectivity index (χ4v) is 9.75. The minimum atomic E-state index is -1.75. The molecule has 1 aromatic carbocycles. The van der Waals surface area contributed by atoms with E-state index in [9.17, 15) is 53.4 Å². The van der Waals surface area contributed by atoms with Gasteiger partial charge in [-0.15, -0.1) is 0 Å². The predicted molar refractivity (Wildman–Crippen MR) is 285 cm³/mol. The van der Waals surface area contributed by atoms with Gasteiger partial charge >= 0.3 is 0 Å². The number of fused-ring (bicyclic) bond motifs is 3. The van der Waals surface area contributed by atoms with Gasteiger partial charge < -0.3 is 79.6 Å². The molecule has 13 atom stereocenters. The highest BCUT2D eigenvalue weighted by Crippen LogP contribution is 2.23. The summed E-state index contributed by atoms with van der Waals surface area (Å²) >= 11 is 0. The van der Waals surface area contributed by atoms with E-state index < -0.39 is 150 Å². The molecule has 432 valence electrons. The fourth-order valence-electron chi connectivity index (χ4n) is 9.75. The summed E-state index contributed by atoms with van der Waals surface area (Å²) in [7, 11) is 0. The van der Waals surface area contributed by atoms with E-state index in [0.717, 1.165) is 0 Å². The molecule has 24 nitrogen and oxygen atoms in total. The third kappa shape index (κ3) is 18.4. The van der Waals surface area contributed by atoms with Crippen molar-refractivity contribution >= 4 is 53.2 Å². The summed E-state index contributed by atoms with van der Waals surface area (Å²) in [6.07, 6.45) is -5.00. The van der Waals surface area contributed by atoms with E-state index >= 15 is 0 Å². The molecule has 1 aromatic rings. The van der Waals surface area contributed by atoms with Crippen LogP contribution in [0.5, 0.6) is 0 Å². The van der Waals surface area contributed by atoms with Gasteiger partial charge in [0.25, 0.3) is 5.91 Å². The van der Waals surface area contributed by atoms with Gasteiger partial charge in [0.15, 0.2) is 6.10 Å². The number of nitrogens with two attached hydrogens (primary N) is 3. The zero-order valence-corrected chi connectivity index (χ0v) is 46.1. The number of carbonyl (C=O) groups excluding carboxylic acids is 9. The van der Waals surface area contributed by atoms with Gasteiger partial charge in [0, 0.05) is 19.5 Å². The molecular formula is C53H88N12O12. The maximum absolute atomic E-state index is 14.8. The van der Waals surface area contributed by atoms with Gasteiger partial charge in [-0.05, 0) is 93.7 Å². The SMILES string of the molecule is CC(C)C[C@@H]1NC(=O)[C@H](CCCN)NC(=O)[C@H](C(C)C)NC(=O)[C@@H]2CCCN2C(=O)[C@@H](Cc2ccccc2)NC(=O)[C@H](CC(C)C)NC(=O)[C@H](CCCN)NC(=O)[C@H](C(C)C)NC(=O)[C@@H]2O[C@H](CNC1=O)[C@@H](O)[C@H](O)[C@H]2N. The van der Waals surface area contributed by atoms with Crippen LogP contribution in [-0.4, -0.2) is 173 Å². The summed E-state index contributed by atoms with van der Waals surface area (Å²) in [5.41, 5.74) is 18.7. The maximum Gasteiger partial charge on any atom is 0.251 e. The number of hydrogen-bond donors (Lipinski definition) is 13. The molecule has 3 saturated heterocycles. The lowest BCUT2D eigenvalue weighted by Crippen LogP contribution is -2.68. The Morgan fingerprint density at radius 3 is 1.55 bits per heavy atom. The molecule has 0 saturated carbocycles. The number of benzene rings is 1. The lowest BCUT2D eigenvalue weighted by atomic mass is 9.92. The van der Waals surface area contributed by atoms with Gasteiger partial charge in [-0.2, -0.15) is 0 Å². The summed E-state index contributed by atoms with van der Waals surface area (Å²) < 4.78 is 5.95. The lowest BCUT2D eigenvalue weighted by Gasteiger charge is -2.41. The number of ether oxygens (including phenoxy) is 1. The molecule has 2 bridgehead atoms. The molecule has 3 heterocycles. The Bertz CT molecular complexity index is 2170. The molecule has 16 N–H and O–H groups in total. The Hall–Kier alpha value is -5.79. The summed E-state index contributed by atoms with van der Waals surface area (Å²) in [5.74, 6) is -7.98. The first-order valence-electron chi connectivity index (χ1n) is 27.3. The first kappa shape index (κ1) is 63.7. The van der Waals surface area contributed by atoms with Gasteiger partial charge in [0.1, 0.15) is 66.6 Å².